The van der Waals surface area contributed by atoms with Crippen LogP contribution in [0.1, 0.15) is 34.2 Å². The number of fused-ring (bicyclic) bond motifs is 1. The first-order valence-electron chi connectivity index (χ1n) is 10.4. The predicted molar refractivity (Wildman–Crippen MR) is 116 cm³/mol. The number of H-pyrrole nitrogens is 1. The van der Waals surface area contributed by atoms with Crippen LogP contribution in [0.15, 0.2) is 36.9 Å². The average molecular weight is 434 g/mol. The van der Waals surface area contributed by atoms with Crippen LogP contribution >= 0.6 is 0 Å². The van der Waals surface area contributed by atoms with Gasteiger partial charge in [0.2, 0.25) is 0 Å². The second-order valence-electron chi connectivity index (χ2n) is 8.22. The van der Waals surface area contributed by atoms with Crippen molar-refractivity contribution in [3.63, 3.8) is 0 Å². The summed E-state index contributed by atoms with van der Waals surface area (Å²) in [7, 11) is 3.88. The number of halogens is 1. The first-order valence-corrected chi connectivity index (χ1v) is 10.4. The average Bonchev–Trinajstić information content (AvgIpc) is 3.50. The summed E-state index contributed by atoms with van der Waals surface area (Å²) in [6.07, 6.45) is 5.83. The lowest BCUT2D eigenvalue weighted by Gasteiger charge is -2.08. The number of amides is 1. The highest BCUT2D eigenvalue weighted by molar-refractivity contribution is 6.02. The van der Waals surface area contributed by atoms with Crippen LogP contribution < -0.4 is 5.32 Å². The maximum Gasteiger partial charge on any atom is 0.272 e. The molecule has 1 amide bonds. The fourth-order valence-electron chi connectivity index (χ4n) is 4.13. The van der Waals surface area contributed by atoms with Gasteiger partial charge in [0.25, 0.3) is 5.91 Å². The first-order chi connectivity index (χ1) is 15.5. The van der Waals surface area contributed by atoms with Crippen LogP contribution in [0.2, 0.25) is 0 Å². The third-order valence-electron chi connectivity index (χ3n) is 5.75. The Bertz CT molecular complexity index is 1300. The molecule has 10 heteroatoms. The van der Waals surface area contributed by atoms with Crippen LogP contribution in [0.4, 0.5) is 4.39 Å². The number of benzene rings is 1. The summed E-state index contributed by atoms with van der Waals surface area (Å²) in [5, 5.41) is 6.96. The summed E-state index contributed by atoms with van der Waals surface area (Å²) in [6.45, 7) is 2.08. The zero-order chi connectivity index (χ0) is 22.2. The highest BCUT2D eigenvalue weighted by Crippen LogP contribution is 2.26. The van der Waals surface area contributed by atoms with Crippen LogP contribution in [0.25, 0.3) is 22.3 Å². The number of rotatable bonds is 5. The highest BCUT2D eigenvalue weighted by atomic mass is 19.1. The number of hydrogen-bond acceptors (Lipinski definition) is 6. The number of aryl methyl sites for hydroxylation is 1. The van der Waals surface area contributed by atoms with E-state index in [-0.39, 0.29) is 29.9 Å². The number of nitrogens with zero attached hydrogens (tertiary/aromatic N) is 6. The van der Waals surface area contributed by atoms with Crippen molar-refractivity contribution in [2.24, 2.45) is 7.05 Å². The maximum atomic E-state index is 14.2. The van der Waals surface area contributed by atoms with Crippen LogP contribution in [0.5, 0.6) is 0 Å². The predicted octanol–water partition coefficient (Wildman–Crippen LogP) is 2.24. The molecular weight excluding hydrogens is 411 g/mol. The van der Waals surface area contributed by atoms with Gasteiger partial charge < -0.3 is 15.2 Å². The summed E-state index contributed by atoms with van der Waals surface area (Å²) in [5.41, 5.74) is 3.36. The van der Waals surface area contributed by atoms with Gasteiger partial charge >= 0.3 is 0 Å². The molecule has 0 aliphatic carbocycles. The third-order valence-corrected chi connectivity index (χ3v) is 5.75. The molecule has 1 fully saturated rings. The van der Waals surface area contributed by atoms with E-state index < -0.39 is 0 Å². The van der Waals surface area contributed by atoms with Gasteiger partial charge in [-0.2, -0.15) is 5.10 Å². The van der Waals surface area contributed by atoms with Gasteiger partial charge in [0.05, 0.1) is 6.20 Å². The number of carbonyl (C=O) groups is 1. The summed E-state index contributed by atoms with van der Waals surface area (Å²) >= 11 is 0. The maximum absolute atomic E-state index is 14.2. The van der Waals surface area contributed by atoms with Gasteiger partial charge in [-0.15, -0.1) is 0 Å². The van der Waals surface area contributed by atoms with Crippen molar-refractivity contribution in [3.05, 3.63) is 59.8 Å². The van der Waals surface area contributed by atoms with E-state index in [9.17, 15) is 9.18 Å². The molecule has 9 nitrogen and oxygen atoms in total. The molecule has 0 bridgehead atoms. The number of likely N-dealkylation sites (tertiary alicyclic amines) is 1. The molecule has 3 aromatic heterocycles. The lowest BCUT2D eigenvalue weighted by molar-refractivity contribution is 0.0947. The molecule has 2 N–H and O–H groups in total. The van der Waals surface area contributed by atoms with Crippen molar-refractivity contribution in [3.8, 4) is 11.1 Å². The Labute approximate surface area is 183 Å². The zero-order valence-corrected chi connectivity index (χ0v) is 17.8. The summed E-state index contributed by atoms with van der Waals surface area (Å²) in [4.78, 5) is 31.3. The second-order valence-corrected chi connectivity index (χ2v) is 8.22. The van der Waals surface area contributed by atoms with Gasteiger partial charge in [-0.1, -0.05) is 0 Å². The second kappa shape index (κ2) is 8.12. The van der Waals surface area contributed by atoms with Gasteiger partial charge in [-0.25, -0.2) is 19.3 Å². The molecule has 0 spiro atoms. The minimum atomic E-state index is -0.375. The number of hydrogen-bond donors (Lipinski definition) is 2. The first kappa shape index (κ1) is 20.3. The van der Waals surface area contributed by atoms with Crippen LogP contribution in [-0.4, -0.2) is 60.7 Å². The molecule has 164 valence electrons. The summed E-state index contributed by atoms with van der Waals surface area (Å²) in [6, 6.07) is 4.68. The quantitative estimate of drug-likeness (QED) is 0.499. The zero-order valence-electron chi connectivity index (χ0n) is 17.8. The smallest absolute Gasteiger partial charge is 0.272 e. The van der Waals surface area contributed by atoms with E-state index >= 15 is 0 Å². The van der Waals surface area contributed by atoms with Gasteiger partial charge in [-0.3, -0.25) is 9.48 Å². The van der Waals surface area contributed by atoms with Crippen LogP contribution in [0, 0.1) is 5.82 Å². The summed E-state index contributed by atoms with van der Waals surface area (Å²) in [5.74, 6) is 0.358. The van der Waals surface area contributed by atoms with E-state index in [1.807, 2.05) is 12.3 Å². The monoisotopic (exact) mass is 434 g/mol. The summed E-state index contributed by atoms with van der Waals surface area (Å²) < 4.78 is 15.8. The number of imidazole rings is 1. The van der Waals surface area contributed by atoms with Gasteiger partial charge in [0.15, 0.2) is 11.3 Å². The number of aromatic nitrogens is 6. The molecule has 0 saturated carbocycles. The normalized spacial score (nSPS) is 16.7. The van der Waals surface area contributed by atoms with Crippen LogP contribution in [-0.2, 0) is 13.6 Å². The Morgan fingerprint density at radius 3 is 2.88 bits per heavy atom. The van der Waals surface area contributed by atoms with Crippen molar-refractivity contribution >= 4 is 17.1 Å². The molecule has 32 heavy (non-hydrogen) atoms. The molecular formula is C22H23FN8O. The molecule has 1 atom stereocenters. The topological polar surface area (TPSA) is 105 Å². The lowest BCUT2D eigenvalue weighted by atomic mass is 10.1. The lowest BCUT2D eigenvalue weighted by Crippen LogP contribution is -2.24. The van der Waals surface area contributed by atoms with Crippen molar-refractivity contribution in [1.29, 1.82) is 0 Å². The number of nitrogens with one attached hydrogen (secondary N) is 2. The van der Waals surface area contributed by atoms with Crippen molar-refractivity contribution < 1.29 is 9.18 Å². The Morgan fingerprint density at radius 2 is 2.12 bits per heavy atom. The van der Waals surface area contributed by atoms with Crippen molar-refractivity contribution in [1.82, 2.24) is 39.9 Å². The molecule has 0 radical (unpaired) electrons. The molecule has 4 heterocycles. The Hall–Kier alpha value is -3.66. The molecule has 1 saturated heterocycles. The van der Waals surface area contributed by atoms with Crippen molar-refractivity contribution in [2.75, 3.05) is 20.1 Å². The third kappa shape index (κ3) is 3.96. The van der Waals surface area contributed by atoms with E-state index in [2.05, 4.69) is 42.3 Å². The van der Waals surface area contributed by atoms with Gasteiger partial charge in [-0.05, 0) is 49.3 Å². The van der Waals surface area contributed by atoms with Crippen LogP contribution in [0.3, 0.4) is 0 Å². The minimum absolute atomic E-state index is 0.157. The van der Waals surface area contributed by atoms with Gasteiger partial charge in [0, 0.05) is 37.8 Å². The Morgan fingerprint density at radius 1 is 1.25 bits per heavy atom. The number of carbonyl (C=O) groups excluding carboxylic acids is 1. The molecule has 4 aromatic rings. The van der Waals surface area contributed by atoms with E-state index in [1.165, 1.54) is 18.5 Å². The molecule has 1 aromatic carbocycles. The van der Waals surface area contributed by atoms with Gasteiger partial charge in [0.1, 0.15) is 23.5 Å². The van der Waals surface area contributed by atoms with E-state index in [0.717, 1.165) is 30.9 Å². The Kier molecular flexibility index (Phi) is 5.14. The van der Waals surface area contributed by atoms with E-state index in [0.29, 0.717) is 22.3 Å². The minimum Gasteiger partial charge on any atom is -0.347 e. The molecule has 5 rings (SSSR count). The largest absolute Gasteiger partial charge is 0.347 e. The standard InChI is InChI=1S/C22H23FN8O/c1-30-4-3-14(10-30)20-28-18-19(25-12-26-21(18)29-20)22(32)24-8-13-5-15(7-17(23)6-13)16-9-27-31(2)11-16/h5-7,9,11-12,14H,3-4,8,10H2,1-2H3,(H,24,32)(H,25,26,28,29). The SMILES string of the molecule is CN1CCC(c2nc3ncnc(C(=O)NCc4cc(F)cc(-c5cnn(C)c5)c4)c3[nH]2)C1. The van der Waals surface area contributed by atoms with Crippen molar-refractivity contribution in [2.45, 2.75) is 18.9 Å². The fraction of sp³-hybridized carbons (Fsp3) is 0.318. The number of likely N-dealkylation sites (N-methyl/N-ethyl adjacent to an activating group) is 1. The number of aromatic amines is 1. The van der Waals surface area contributed by atoms with E-state index in [4.69, 9.17) is 0 Å². The fourth-order valence-corrected chi connectivity index (χ4v) is 4.13. The van der Waals surface area contributed by atoms with E-state index in [1.54, 1.807) is 17.9 Å². The highest BCUT2D eigenvalue weighted by Gasteiger charge is 2.25. The molecule has 1 aliphatic rings. The molecule has 1 aliphatic heterocycles. The molecule has 1 unspecified atom stereocenters. The Balaban J connectivity index is 1.35.